The van der Waals surface area contributed by atoms with Crippen molar-refractivity contribution in [3.05, 3.63) is 77.9 Å². The molecule has 2 heterocycles. The summed E-state index contributed by atoms with van der Waals surface area (Å²) in [7, 11) is -0.728. The molecule has 0 saturated carbocycles. The summed E-state index contributed by atoms with van der Waals surface area (Å²) < 4.78 is 49.7. The molecule has 1 fully saturated rings. The Morgan fingerprint density at radius 3 is 2.46 bits per heavy atom. The lowest BCUT2D eigenvalue weighted by molar-refractivity contribution is -0.125. The number of amides is 1. The van der Waals surface area contributed by atoms with Gasteiger partial charge in [0.1, 0.15) is 11.5 Å². The molecule has 2 atom stereocenters. The number of hydrogen-bond donors (Lipinski definition) is 1. The number of methoxy groups -OCH3 is 2. The molecule has 2 aliphatic rings. The number of fused-ring (bicyclic) bond motifs is 1. The third-order valence-corrected chi connectivity index (χ3v) is 8.59. The van der Waals surface area contributed by atoms with Crippen molar-refractivity contribution >= 4 is 15.9 Å². The van der Waals surface area contributed by atoms with Gasteiger partial charge in [0.15, 0.2) is 11.5 Å². The number of nitrogens with one attached hydrogen (secondary N) is 1. The summed E-state index contributed by atoms with van der Waals surface area (Å²) in [6, 6.07) is 19.2. The van der Waals surface area contributed by atoms with Crippen molar-refractivity contribution in [3.63, 3.8) is 0 Å². The molecule has 0 radical (unpaired) electrons. The normalized spacial score (nSPS) is 19.0. The van der Waals surface area contributed by atoms with E-state index in [1.54, 1.807) is 19.2 Å². The van der Waals surface area contributed by atoms with E-state index in [9.17, 15) is 13.2 Å². The Morgan fingerprint density at radius 2 is 1.70 bits per heavy atom. The SMILES string of the molecule is COc1ccc(S(=O)(=O)N2CC(C(=O)NCc3ccc4c(c3)OCO4)C(c3cccc(OC)c3)C2)cc1. The van der Waals surface area contributed by atoms with Gasteiger partial charge in [0.25, 0.3) is 0 Å². The highest BCUT2D eigenvalue weighted by Crippen LogP contribution is 2.37. The van der Waals surface area contributed by atoms with Crippen molar-refractivity contribution < 1.29 is 32.2 Å². The largest absolute Gasteiger partial charge is 0.497 e. The van der Waals surface area contributed by atoms with Crippen LogP contribution in [0, 0.1) is 5.92 Å². The first-order valence-electron chi connectivity index (χ1n) is 11.8. The second-order valence-electron chi connectivity index (χ2n) is 8.89. The molecule has 1 amide bonds. The van der Waals surface area contributed by atoms with Gasteiger partial charge in [-0.15, -0.1) is 0 Å². The Hall–Kier alpha value is -3.76. The van der Waals surface area contributed by atoms with Crippen LogP contribution in [-0.2, 0) is 21.4 Å². The van der Waals surface area contributed by atoms with Gasteiger partial charge in [-0.25, -0.2) is 8.42 Å². The molecule has 10 heteroatoms. The lowest BCUT2D eigenvalue weighted by atomic mass is 9.88. The van der Waals surface area contributed by atoms with Crippen molar-refractivity contribution in [2.24, 2.45) is 5.92 Å². The first-order valence-corrected chi connectivity index (χ1v) is 13.3. The summed E-state index contributed by atoms with van der Waals surface area (Å²) in [5.41, 5.74) is 1.70. The fraction of sp³-hybridized carbons (Fsp3) is 0.296. The van der Waals surface area contributed by atoms with E-state index in [0.29, 0.717) is 23.0 Å². The predicted molar refractivity (Wildman–Crippen MR) is 135 cm³/mol. The van der Waals surface area contributed by atoms with Crippen molar-refractivity contribution in [1.82, 2.24) is 9.62 Å². The smallest absolute Gasteiger partial charge is 0.243 e. The monoisotopic (exact) mass is 524 g/mol. The van der Waals surface area contributed by atoms with Crippen LogP contribution < -0.4 is 24.3 Å². The minimum atomic E-state index is -3.82. The molecule has 0 aromatic heterocycles. The van der Waals surface area contributed by atoms with Crippen molar-refractivity contribution in [2.75, 3.05) is 34.1 Å². The van der Waals surface area contributed by atoms with Gasteiger partial charge in [0.2, 0.25) is 22.7 Å². The average molecular weight is 525 g/mol. The van der Waals surface area contributed by atoms with Crippen LogP contribution in [0.2, 0.25) is 0 Å². The number of ether oxygens (including phenoxy) is 4. The van der Waals surface area contributed by atoms with Gasteiger partial charge in [-0.1, -0.05) is 18.2 Å². The molecular weight excluding hydrogens is 496 g/mol. The molecule has 2 aliphatic heterocycles. The second-order valence-corrected chi connectivity index (χ2v) is 10.8. The van der Waals surface area contributed by atoms with E-state index >= 15 is 0 Å². The number of benzene rings is 3. The minimum Gasteiger partial charge on any atom is -0.497 e. The Kier molecular flexibility index (Phi) is 6.94. The highest BCUT2D eigenvalue weighted by molar-refractivity contribution is 7.89. The zero-order chi connectivity index (χ0) is 26.0. The van der Waals surface area contributed by atoms with E-state index in [2.05, 4.69) is 5.32 Å². The zero-order valence-electron chi connectivity index (χ0n) is 20.5. The zero-order valence-corrected chi connectivity index (χ0v) is 21.4. The van der Waals surface area contributed by atoms with Crippen LogP contribution in [-0.4, -0.2) is 52.7 Å². The highest BCUT2D eigenvalue weighted by atomic mass is 32.2. The van der Waals surface area contributed by atoms with Gasteiger partial charge in [-0.05, 0) is 59.7 Å². The maximum Gasteiger partial charge on any atom is 0.243 e. The summed E-state index contributed by atoms with van der Waals surface area (Å²) in [5.74, 6) is 1.36. The molecule has 0 spiro atoms. The Balaban J connectivity index is 1.38. The first kappa shape index (κ1) is 24.9. The molecule has 9 nitrogen and oxygen atoms in total. The number of hydrogen-bond acceptors (Lipinski definition) is 7. The summed E-state index contributed by atoms with van der Waals surface area (Å²) in [5, 5.41) is 2.98. The fourth-order valence-electron chi connectivity index (χ4n) is 4.71. The molecule has 0 aliphatic carbocycles. The number of nitrogens with zero attached hydrogens (tertiary/aromatic N) is 1. The number of carbonyl (C=O) groups excluding carboxylic acids is 1. The van der Waals surface area contributed by atoms with Crippen LogP contribution in [0.25, 0.3) is 0 Å². The number of carbonyl (C=O) groups is 1. The van der Waals surface area contributed by atoms with Gasteiger partial charge in [0.05, 0.1) is 25.0 Å². The Bertz CT molecular complexity index is 1390. The summed E-state index contributed by atoms with van der Waals surface area (Å²) >= 11 is 0. The molecule has 2 unspecified atom stereocenters. The average Bonchev–Trinajstić information content (AvgIpc) is 3.59. The maximum absolute atomic E-state index is 13.5. The molecule has 1 saturated heterocycles. The lowest BCUT2D eigenvalue weighted by Gasteiger charge is -2.19. The third kappa shape index (κ3) is 5.07. The van der Waals surface area contributed by atoms with Crippen molar-refractivity contribution in [1.29, 1.82) is 0 Å². The molecule has 194 valence electrons. The molecule has 37 heavy (non-hydrogen) atoms. The lowest BCUT2D eigenvalue weighted by Crippen LogP contribution is -2.35. The molecular formula is C27H28N2O7S. The van der Waals surface area contributed by atoms with Crippen LogP contribution in [0.5, 0.6) is 23.0 Å². The fourth-order valence-corrected chi connectivity index (χ4v) is 6.20. The van der Waals surface area contributed by atoms with Gasteiger partial charge in [0, 0.05) is 25.6 Å². The summed E-state index contributed by atoms with van der Waals surface area (Å²) in [4.78, 5) is 13.6. The van der Waals surface area contributed by atoms with E-state index in [0.717, 1.165) is 11.1 Å². The maximum atomic E-state index is 13.5. The summed E-state index contributed by atoms with van der Waals surface area (Å²) in [6.07, 6.45) is 0. The standard InChI is InChI=1S/C27H28N2O7S/c1-33-20-7-9-22(10-8-20)37(31,32)29-15-23(19-4-3-5-21(13-19)34-2)24(16-29)27(30)28-14-18-6-11-25-26(12-18)36-17-35-25/h3-13,23-24H,14-17H2,1-2H3,(H,28,30). The van der Waals surface area contributed by atoms with Gasteiger partial charge in [-0.3, -0.25) is 4.79 Å². The third-order valence-electron chi connectivity index (χ3n) is 6.75. The quantitative estimate of drug-likeness (QED) is 0.483. The van der Waals surface area contributed by atoms with Crippen molar-refractivity contribution in [2.45, 2.75) is 17.4 Å². The molecule has 3 aromatic rings. The molecule has 3 aromatic carbocycles. The van der Waals surface area contributed by atoms with E-state index in [4.69, 9.17) is 18.9 Å². The second kappa shape index (κ2) is 10.3. The topological polar surface area (TPSA) is 103 Å². The van der Waals surface area contributed by atoms with Crippen LogP contribution in [0.15, 0.2) is 71.6 Å². The molecule has 0 bridgehead atoms. The minimum absolute atomic E-state index is 0.0587. The molecule has 5 rings (SSSR count). The first-order chi connectivity index (χ1) is 17.9. The highest BCUT2D eigenvalue weighted by Gasteiger charge is 2.43. The number of sulfonamides is 1. The van der Waals surface area contributed by atoms with E-state index < -0.39 is 15.9 Å². The van der Waals surface area contributed by atoms with Crippen molar-refractivity contribution in [3.8, 4) is 23.0 Å². The Morgan fingerprint density at radius 1 is 0.946 bits per heavy atom. The molecule has 1 N–H and O–H groups in total. The van der Waals surface area contributed by atoms with E-state index in [1.165, 1.54) is 23.5 Å². The Labute approximate surface area is 216 Å². The van der Waals surface area contributed by atoms with Crippen LogP contribution >= 0.6 is 0 Å². The van der Waals surface area contributed by atoms with Crippen LogP contribution in [0.3, 0.4) is 0 Å². The van der Waals surface area contributed by atoms with E-state index in [-0.39, 0.29) is 43.1 Å². The van der Waals surface area contributed by atoms with Crippen LogP contribution in [0.1, 0.15) is 17.0 Å². The predicted octanol–water partition coefficient (Wildman–Crippen LogP) is 3.15. The summed E-state index contributed by atoms with van der Waals surface area (Å²) in [6.45, 7) is 0.683. The van der Waals surface area contributed by atoms with Gasteiger partial charge in [-0.2, -0.15) is 4.31 Å². The van der Waals surface area contributed by atoms with E-state index in [1.807, 2.05) is 42.5 Å². The van der Waals surface area contributed by atoms with Crippen LogP contribution in [0.4, 0.5) is 0 Å². The van der Waals surface area contributed by atoms with Gasteiger partial charge < -0.3 is 24.3 Å². The van der Waals surface area contributed by atoms with Gasteiger partial charge >= 0.3 is 0 Å². The number of rotatable bonds is 8.